The molecule has 4 rings (SSSR count). The lowest BCUT2D eigenvalue weighted by Gasteiger charge is -2.25. The van der Waals surface area contributed by atoms with Crippen molar-refractivity contribution in [1.29, 1.82) is 0 Å². The van der Waals surface area contributed by atoms with Crippen LogP contribution in [-0.2, 0) is 9.59 Å². The van der Waals surface area contributed by atoms with Gasteiger partial charge in [0.2, 0.25) is 5.91 Å². The fourth-order valence-electron chi connectivity index (χ4n) is 5.71. The fraction of sp³-hybridized carbons (Fsp3) is 0.538. The van der Waals surface area contributed by atoms with E-state index in [2.05, 4.69) is 36.1 Å². The first-order valence-corrected chi connectivity index (χ1v) is 17.7. The van der Waals surface area contributed by atoms with Crippen LogP contribution in [0, 0.1) is 5.92 Å². The topological polar surface area (TPSA) is 126 Å². The number of methoxy groups -OCH3 is 2. The second-order valence-corrected chi connectivity index (χ2v) is 13.3. The van der Waals surface area contributed by atoms with Gasteiger partial charge < -0.3 is 29.7 Å². The van der Waals surface area contributed by atoms with Crippen molar-refractivity contribution in [3.8, 4) is 28.4 Å². The zero-order valence-electron chi connectivity index (χ0n) is 31.8. The van der Waals surface area contributed by atoms with Gasteiger partial charge in [-0.2, -0.15) is 5.10 Å². The molecular formula is C39H59N5O6. The number of rotatable bonds is 13. The molecule has 0 spiro atoms. The monoisotopic (exact) mass is 693 g/mol. The van der Waals surface area contributed by atoms with Crippen LogP contribution in [0.1, 0.15) is 102 Å². The zero-order valence-corrected chi connectivity index (χ0v) is 31.8. The Labute approximate surface area is 298 Å². The molecule has 0 aliphatic heterocycles. The van der Waals surface area contributed by atoms with Crippen LogP contribution >= 0.6 is 0 Å². The van der Waals surface area contributed by atoms with Crippen LogP contribution in [0.2, 0.25) is 0 Å². The Kier molecular flexibility index (Phi) is 17.5. The molecule has 0 bridgehead atoms. The number of aliphatic carboxylic acids is 1. The van der Waals surface area contributed by atoms with E-state index in [0.29, 0.717) is 35.0 Å². The van der Waals surface area contributed by atoms with Crippen LogP contribution in [-0.4, -0.2) is 85.5 Å². The molecule has 11 nitrogen and oxygen atoms in total. The summed E-state index contributed by atoms with van der Waals surface area (Å²) in [6.07, 6.45) is 8.01. The van der Waals surface area contributed by atoms with Crippen molar-refractivity contribution >= 4 is 23.5 Å². The first kappa shape index (κ1) is 41.8. The number of carboxylic acid groups (broad SMARTS) is 1. The molecule has 0 radical (unpaired) electrons. The minimum absolute atomic E-state index is 0.0291. The summed E-state index contributed by atoms with van der Waals surface area (Å²) in [6, 6.07) is 12.7. The van der Waals surface area contributed by atoms with Gasteiger partial charge in [-0.3, -0.25) is 14.4 Å². The Hall–Kier alpha value is -4.38. The second kappa shape index (κ2) is 21.0. The van der Waals surface area contributed by atoms with Crippen LogP contribution in [0.3, 0.4) is 0 Å². The summed E-state index contributed by atoms with van der Waals surface area (Å²) in [4.78, 5) is 40.4. The van der Waals surface area contributed by atoms with Crippen LogP contribution in [0.5, 0.6) is 11.5 Å². The summed E-state index contributed by atoms with van der Waals surface area (Å²) in [5, 5.41) is 16.0. The van der Waals surface area contributed by atoms with E-state index in [0.717, 1.165) is 30.1 Å². The summed E-state index contributed by atoms with van der Waals surface area (Å²) in [5.41, 5.74) is 3.49. The number of anilines is 1. The van der Waals surface area contributed by atoms with Gasteiger partial charge in [-0.15, -0.1) is 0 Å². The number of carboxylic acids is 1. The number of hydrogen-bond acceptors (Lipinski definition) is 7. The lowest BCUT2D eigenvalue weighted by atomic mass is 9.99. The Morgan fingerprint density at radius 2 is 1.60 bits per heavy atom. The Balaban J connectivity index is 0.000000843. The number of nitrogens with zero attached hydrogens (tertiary/aromatic N) is 4. The summed E-state index contributed by atoms with van der Waals surface area (Å²) < 4.78 is 12.9. The summed E-state index contributed by atoms with van der Waals surface area (Å²) in [5.74, 6) is 0.243. The molecule has 276 valence electrons. The molecule has 1 aromatic heterocycles. The maximum Gasteiger partial charge on any atom is 0.322 e. The number of benzene rings is 2. The van der Waals surface area contributed by atoms with E-state index in [1.165, 1.54) is 32.1 Å². The molecule has 2 amide bonds. The predicted octanol–water partition coefficient (Wildman–Crippen LogP) is 7.41. The molecule has 1 heterocycles. The summed E-state index contributed by atoms with van der Waals surface area (Å²) >= 11 is 0. The number of aromatic nitrogens is 2. The van der Waals surface area contributed by atoms with Crippen molar-refractivity contribution in [2.24, 2.45) is 5.92 Å². The molecule has 50 heavy (non-hydrogen) atoms. The molecule has 3 aromatic rings. The SMILES string of the molecule is CC1CCCC1.CCC.COc1cccc(OC)c1-c1cc(C(=O)NCC(=O)O)nn1-c1ccc(N(CCCN(C)C)C(C)=O)cc1C(C)C. The van der Waals surface area contributed by atoms with Gasteiger partial charge in [0, 0.05) is 19.2 Å². The number of carbonyl (C=O) groups is 3. The van der Waals surface area contributed by atoms with Gasteiger partial charge in [-0.1, -0.05) is 72.8 Å². The highest BCUT2D eigenvalue weighted by Gasteiger charge is 2.25. The first-order valence-electron chi connectivity index (χ1n) is 17.7. The van der Waals surface area contributed by atoms with Gasteiger partial charge >= 0.3 is 5.97 Å². The van der Waals surface area contributed by atoms with E-state index in [-0.39, 0.29) is 17.5 Å². The molecule has 0 saturated heterocycles. The first-order chi connectivity index (χ1) is 23.8. The average Bonchev–Trinajstić information content (AvgIpc) is 3.74. The second-order valence-electron chi connectivity index (χ2n) is 13.3. The van der Waals surface area contributed by atoms with Crippen molar-refractivity contribution in [3.05, 3.63) is 53.7 Å². The third-order valence-corrected chi connectivity index (χ3v) is 8.21. The number of hydrogen-bond donors (Lipinski definition) is 2. The van der Waals surface area contributed by atoms with Gasteiger partial charge in [0.25, 0.3) is 5.91 Å². The van der Waals surface area contributed by atoms with E-state index in [9.17, 15) is 14.4 Å². The number of amides is 2. The third kappa shape index (κ3) is 12.2. The van der Waals surface area contributed by atoms with E-state index in [1.54, 1.807) is 55.0 Å². The maximum absolute atomic E-state index is 12.9. The molecule has 2 aromatic carbocycles. The standard InChI is InChI=1S/C30H39N5O6.C6H12.C3H8/c1-19(2)22-16-21(34(20(3)36)15-9-14-33(4)5)12-13-24(22)35-25(17-23(32-35)30(39)31-18-28(37)38)29-26(40-6)10-8-11-27(29)41-7;1-6-4-2-3-5-6;1-3-2/h8,10-13,16-17,19H,9,14-15,18H2,1-7H3,(H,31,39)(H,37,38);6H,2-5H2,1H3;3H2,1-2H3. The molecule has 2 N–H and O–H groups in total. The van der Waals surface area contributed by atoms with Crippen molar-refractivity contribution in [3.63, 3.8) is 0 Å². The minimum atomic E-state index is -1.16. The Morgan fingerprint density at radius 1 is 1.00 bits per heavy atom. The van der Waals surface area contributed by atoms with Gasteiger partial charge in [0.15, 0.2) is 5.69 Å². The molecule has 0 unspecified atom stereocenters. The van der Waals surface area contributed by atoms with E-state index in [4.69, 9.17) is 14.6 Å². The molecule has 11 heteroatoms. The smallest absolute Gasteiger partial charge is 0.322 e. The van der Waals surface area contributed by atoms with Crippen molar-refractivity contribution in [2.75, 3.05) is 52.8 Å². The van der Waals surface area contributed by atoms with E-state index >= 15 is 0 Å². The van der Waals surface area contributed by atoms with E-state index < -0.39 is 18.4 Å². The van der Waals surface area contributed by atoms with Crippen LogP contribution in [0.15, 0.2) is 42.5 Å². The van der Waals surface area contributed by atoms with Gasteiger partial charge in [-0.05, 0) is 80.9 Å². The van der Waals surface area contributed by atoms with Crippen LogP contribution < -0.4 is 19.7 Å². The van der Waals surface area contributed by atoms with E-state index in [1.807, 2.05) is 46.1 Å². The average molecular weight is 694 g/mol. The minimum Gasteiger partial charge on any atom is -0.496 e. The number of carbonyl (C=O) groups excluding carboxylic acids is 2. The Morgan fingerprint density at radius 3 is 2.06 bits per heavy atom. The van der Waals surface area contributed by atoms with Crippen molar-refractivity contribution < 1.29 is 29.0 Å². The van der Waals surface area contributed by atoms with Crippen molar-refractivity contribution in [1.82, 2.24) is 20.0 Å². The van der Waals surface area contributed by atoms with Crippen LogP contribution in [0.4, 0.5) is 5.69 Å². The highest BCUT2D eigenvalue weighted by atomic mass is 16.5. The van der Waals surface area contributed by atoms with Gasteiger partial charge in [0.1, 0.15) is 18.0 Å². The number of ether oxygens (including phenoxy) is 2. The highest BCUT2D eigenvalue weighted by Crippen LogP contribution is 2.41. The molecule has 1 saturated carbocycles. The summed E-state index contributed by atoms with van der Waals surface area (Å²) in [7, 11) is 7.08. The Bertz CT molecular complexity index is 1500. The fourth-order valence-corrected chi connectivity index (χ4v) is 5.71. The van der Waals surface area contributed by atoms with Gasteiger partial charge in [0.05, 0.1) is 31.2 Å². The molecule has 1 aliphatic carbocycles. The summed E-state index contributed by atoms with van der Waals surface area (Å²) in [6.45, 7) is 13.1. The maximum atomic E-state index is 12.9. The largest absolute Gasteiger partial charge is 0.496 e. The highest BCUT2D eigenvalue weighted by molar-refractivity contribution is 5.96. The quantitative estimate of drug-likeness (QED) is 0.190. The lowest BCUT2D eigenvalue weighted by Crippen LogP contribution is -2.31. The van der Waals surface area contributed by atoms with Crippen LogP contribution in [0.25, 0.3) is 16.9 Å². The lowest BCUT2D eigenvalue weighted by molar-refractivity contribution is -0.135. The number of nitrogens with one attached hydrogen (secondary N) is 1. The third-order valence-electron chi connectivity index (χ3n) is 8.21. The normalized spacial score (nSPS) is 12.5. The molecule has 1 aliphatic rings. The molecule has 1 fully saturated rings. The van der Waals surface area contributed by atoms with Crippen molar-refractivity contribution in [2.45, 2.75) is 86.0 Å². The predicted molar refractivity (Wildman–Crippen MR) is 201 cm³/mol. The molecule has 0 atom stereocenters. The molecular weight excluding hydrogens is 634 g/mol. The zero-order chi connectivity index (χ0) is 37.4. The van der Waals surface area contributed by atoms with Gasteiger partial charge in [-0.25, -0.2) is 4.68 Å².